The van der Waals surface area contributed by atoms with Crippen molar-refractivity contribution in [1.29, 1.82) is 0 Å². The zero-order valence-corrected chi connectivity index (χ0v) is 18.1. The summed E-state index contributed by atoms with van der Waals surface area (Å²) >= 11 is 5.87. The lowest BCUT2D eigenvalue weighted by atomic mass is 9.86. The second-order valence-corrected chi connectivity index (χ2v) is 9.56. The number of aromatic nitrogens is 2. The van der Waals surface area contributed by atoms with Gasteiger partial charge in [0.2, 0.25) is 5.91 Å². The van der Waals surface area contributed by atoms with Crippen LogP contribution in [0, 0.1) is 29.5 Å². The molecule has 2 saturated carbocycles. The van der Waals surface area contributed by atoms with Crippen LogP contribution in [0.5, 0.6) is 0 Å². The Morgan fingerprint density at radius 1 is 1.10 bits per heavy atom. The van der Waals surface area contributed by atoms with Crippen LogP contribution >= 0.6 is 11.6 Å². The van der Waals surface area contributed by atoms with E-state index in [0.717, 1.165) is 36.6 Å². The number of nitrogens with one attached hydrogen (secondary N) is 1. The Hall–Kier alpha value is -2.53. The van der Waals surface area contributed by atoms with Gasteiger partial charge in [-0.3, -0.25) is 9.78 Å². The van der Waals surface area contributed by atoms with Crippen molar-refractivity contribution in [3.05, 3.63) is 65.2 Å². The van der Waals surface area contributed by atoms with Crippen molar-refractivity contribution in [3.8, 4) is 0 Å². The summed E-state index contributed by atoms with van der Waals surface area (Å²) in [6, 6.07) is 10.4. The SMILES string of the molecule is CC(C(=O)Nc1ccc(Cl)cn1)C1CC2CC(c3ccnc4ccc(F)cc34)CC2C1. The molecule has 31 heavy (non-hydrogen) atoms. The molecule has 0 saturated heterocycles. The molecule has 4 nitrogen and oxygen atoms in total. The topological polar surface area (TPSA) is 54.9 Å². The number of anilines is 1. The van der Waals surface area contributed by atoms with E-state index < -0.39 is 0 Å². The maximum Gasteiger partial charge on any atom is 0.228 e. The zero-order chi connectivity index (χ0) is 21.5. The molecule has 1 aromatic carbocycles. The van der Waals surface area contributed by atoms with E-state index >= 15 is 0 Å². The molecule has 2 heterocycles. The summed E-state index contributed by atoms with van der Waals surface area (Å²) in [5.41, 5.74) is 2.07. The maximum absolute atomic E-state index is 13.8. The summed E-state index contributed by atoms with van der Waals surface area (Å²) in [5, 5.41) is 4.41. The Morgan fingerprint density at radius 2 is 1.87 bits per heavy atom. The van der Waals surface area contributed by atoms with E-state index in [4.69, 9.17) is 11.6 Å². The summed E-state index contributed by atoms with van der Waals surface area (Å²) < 4.78 is 13.8. The lowest BCUT2D eigenvalue weighted by Gasteiger charge is -2.21. The standard InChI is InChI=1S/C25H25ClFN3O/c1-14(25(31)30-24-5-2-19(26)13-29-24)15-8-16-10-18(11-17(16)9-15)21-6-7-28-23-4-3-20(27)12-22(21)23/h2-7,12-18H,8-11H2,1H3,(H,29,30,31). The van der Waals surface area contributed by atoms with Crippen LogP contribution in [0.1, 0.15) is 44.1 Å². The number of hydrogen-bond acceptors (Lipinski definition) is 3. The third kappa shape index (κ3) is 4.03. The summed E-state index contributed by atoms with van der Waals surface area (Å²) in [5.74, 6) is 2.35. The van der Waals surface area contributed by atoms with Crippen LogP contribution in [0.4, 0.5) is 10.2 Å². The molecule has 0 radical (unpaired) electrons. The van der Waals surface area contributed by atoms with Gasteiger partial charge in [0.05, 0.1) is 10.5 Å². The first kappa shape index (κ1) is 20.4. The Bertz CT molecular complexity index is 1110. The van der Waals surface area contributed by atoms with Crippen molar-refractivity contribution in [2.45, 2.75) is 38.5 Å². The van der Waals surface area contributed by atoms with Crippen molar-refractivity contribution >= 4 is 34.2 Å². The van der Waals surface area contributed by atoms with E-state index in [1.165, 1.54) is 17.8 Å². The van der Waals surface area contributed by atoms with Gasteiger partial charge in [-0.05, 0) is 91.3 Å². The molecule has 2 fully saturated rings. The van der Waals surface area contributed by atoms with Gasteiger partial charge in [-0.1, -0.05) is 18.5 Å². The van der Waals surface area contributed by atoms with E-state index in [9.17, 15) is 9.18 Å². The van der Waals surface area contributed by atoms with E-state index in [1.54, 1.807) is 24.3 Å². The molecule has 5 rings (SSSR count). The highest BCUT2D eigenvalue weighted by atomic mass is 35.5. The van der Waals surface area contributed by atoms with Crippen molar-refractivity contribution in [2.24, 2.45) is 23.7 Å². The number of carbonyl (C=O) groups excluding carboxylic acids is 1. The van der Waals surface area contributed by atoms with Gasteiger partial charge >= 0.3 is 0 Å². The highest BCUT2D eigenvalue weighted by Gasteiger charge is 2.44. The maximum atomic E-state index is 13.8. The Balaban J connectivity index is 1.24. The summed E-state index contributed by atoms with van der Waals surface area (Å²) in [7, 11) is 0. The van der Waals surface area contributed by atoms with Gasteiger partial charge in [0.15, 0.2) is 0 Å². The molecule has 3 aromatic rings. The number of carbonyl (C=O) groups is 1. The van der Waals surface area contributed by atoms with Gasteiger partial charge in [-0.2, -0.15) is 0 Å². The molecule has 2 aliphatic carbocycles. The van der Waals surface area contributed by atoms with Gasteiger partial charge in [-0.25, -0.2) is 9.37 Å². The minimum absolute atomic E-state index is 0.0203. The van der Waals surface area contributed by atoms with Crippen molar-refractivity contribution in [1.82, 2.24) is 9.97 Å². The second-order valence-electron chi connectivity index (χ2n) is 9.12. The minimum Gasteiger partial charge on any atom is -0.310 e. The first-order chi connectivity index (χ1) is 15.0. The lowest BCUT2D eigenvalue weighted by molar-refractivity contribution is -0.120. The first-order valence-corrected chi connectivity index (χ1v) is 11.3. The van der Waals surface area contributed by atoms with Gasteiger partial charge in [-0.15, -0.1) is 0 Å². The predicted octanol–water partition coefficient (Wildman–Crippen LogP) is 6.22. The van der Waals surface area contributed by atoms with Crippen LogP contribution in [0.25, 0.3) is 10.9 Å². The smallest absolute Gasteiger partial charge is 0.228 e. The fraction of sp³-hybridized carbons (Fsp3) is 0.400. The zero-order valence-electron chi connectivity index (χ0n) is 17.4. The number of amides is 1. The molecule has 1 N–H and O–H groups in total. The van der Waals surface area contributed by atoms with Crippen molar-refractivity contribution < 1.29 is 9.18 Å². The number of hydrogen-bond donors (Lipinski definition) is 1. The molecule has 1 amide bonds. The average Bonchev–Trinajstić information content (AvgIpc) is 3.33. The monoisotopic (exact) mass is 437 g/mol. The van der Waals surface area contributed by atoms with Gasteiger partial charge in [0.25, 0.3) is 0 Å². The molecule has 2 aromatic heterocycles. The third-order valence-corrected chi connectivity index (χ3v) is 7.55. The van der Waals surface area contributed by atoms with Crippen LogP contribution in [-0.2, 0) is 4.79 Å². The number of nitrogens with zero attached hydrogens (tertiary/aromatic N) is 2. The molecular weight excluding hydrogens is 413 g/mol. The van der Waals surface area contributed by atoms with Crippen LogP contribution in [0.15, 0.2) is 48.8 Å². The molecule has 6 heteroatoms. The summed E-state index contributed by atoms with van der Waals surface area (Å²) in [4.78, 5) is 21.3. The number of rotatable bonds is 4. The molecule has 0 aliphatic heterocycles. The predicted molar refractivity (Wildman–Crippen MR) is 120 cm³/mol. The number of fused-ring (bicyclic) bond motifs is 2. The largest absolute Gasteiger partial charge is 0.310 e. The fourth-order valence-corrected chi connectivity index (χ4v) is 5.84. The molecule has 3 atom stereocenters. The first-order valence-electron chi connectivity index (χ1n) is 10.9. The van der Waals surface area contributed by atoms with Gasteiger partial charge < -0.3 is 5.32 Å². The van der Waals surface area contributed by atoms with E-state index in [1.807, 2.05) is 13.1 Å². The Labute approximate surface area is 186 Å². The molecule has 3 unspecified atom stereocenters. The normalized spacial score (nSPS) is 26.0. The summed E-state index contributed by atoms with van der Waals surface area (Å²) in [6.45, 7) is 2.02. The molecule has 2 aliphatic rings. The number of pyridine rings is 2. The van der Waals surface area contributed by atoms with Crippen LogP contribution in [0.2, 0.25) is 5.02 Å². The number of benzene rings is 1. The quantitative estimate of drug-likeness (QED) is 0.527. The highest BCUT2D eigenvalue weighted by Crippen LogP contribution is 2.54. The van der Waals surface area contributed by atoms with Crippen LogP contribution < -0.4 is 5.32 Å². The van der Waals surface area contributed by atoms with Gasteiger partial charge in [0, 0.05) is 23.7 Å². The molecule has 0 bridgehead atoms. The van der Waals surface area contributed by atoms with E-state index in [-0.39, 0.29) is 17.6 Å². The van der Waals surface area contributed by atoms with E-state index in [2.05, 4.69) is 21.4 Å². The highest BCUT2D eigenvalue weighted by molar-refractivity contribution is 6.30. The molecule has 0 spiro atoms. The Kier molecular flexibility index (Phi) is 5.39. The lowest BCUT2D eigenvalue weighted by Crippen LogP contribution is -2.26. The van der Waals surface area contributed by atoms with Crippen LogP contribution in [-0.4, -0.2) is 15.9 Å². The van der Waals surface area contributed by atoms with Crippen molar-refractivity contribution in [2.75, 3.05) is 5.32 Å². The molecule has 160 valence electrons. The fourth-order valence-electron chi connectivity index (χ4n) is 5.73. The third-order valence-electron chi connectivity index (χ3n) is 7.33. The average molecular weight is 438 g/mol. The summed E-state index contributed by atoms with van der Waals surface area (Å²) in [6.07, 6.45) is 7.72. The van der Waals surface area contributed by atoms with Crippen LogP contribution in [0.3, 0.4) is 0 Å². The molecular formula is C25H25ClFN3O. The number of halogens is 2. The second kappa shape index (κ2) is 8.19. The van der Waals surface area contributed by atoms with Crippen molar-refractivity contribution in [3.63, 3.8) is 0 Å². The van der Waals surface area contributed by atoms with Gasteiger partial charge in [0.1, 0.15) is 11.6 Å². The Morgan fingerprint density at radius 3 is 2.58 bits per heavy atom. The minimum atomic E-state index is -0.213. The van der Waals surface area contributed by atoms with E-state index in [0.29, 0.717) is 34.5 Å².